The number of rotatable bonds is 5. The van der Waals surface area contributed by atoms with E-state index in [0.29, 0.717) is 19.4 Å². The molecule has 0 radical (unpaired) electrons. The summed E-state index contributed by atoms with van der Waals surface area (Å²) in [6.45, 7) is 10.8. The van der Waals surface area contributed by atoms with Crippen LogP contribution in [0.3, 0.4) is 0 Å². The Morgan fingerprint density at radius 1 is 1.45 bits per heavy atom. The molecule has 4 nitrogen and oxygen atoms in total. The van der Waals surface area contributed by atoms with Gasteiger partial charge >= 0.3 is 5.97 Å². The van der Waals surface area contributed by atoms with Gasteiger partial charge in [-0.1, -0.05) is 17.7 Å². The normalized spacial score (nSPS) is 16.8. The van der Waals surface area contributed by atoms with Crippen LogP contribution in [-0.4, -0.2) is 25.7 Å². The molecule has 1 fully saturated rings. The van der Waals surface area contributed by atoms with Crippen LogP contribution in [0.5, 0.6) is 0 Å². The number of aryl methyl sites for hydroxylation is 1. The lowest BCUT2D eigenvalue weighted by Gasteiger charge is -2.35. The van der Waals surface area contributed by atoms with Crippen molar-refractivity contribution in [3.63, 3.8) is 0 Å². The molecular formula is C17H21FN2O2. The van der Waals surface area contributed by atoms with Crippen molar-refractivity contribution in [3.8, 4) is 0 Å². The van der Waals surface area contributed by atoms with Crippen molar-refractivity contribution in [1.29, 1.82) is 0 Å². The first-order valence-electron chi connectivity index (χ1n) is 7.65. The van der Waals surface area contributed by atoms with Crippen LogP contribution in [0, 0.1) is 17.8 Å². The number of carbonyl (C=O) groups excluding carboxylic acids is 1. The highest BCUT2D eigenvalue weighted by atomic mass is 19.1. The lowest BCUT2D eigenvalue weighted by molar-refractivity contribution is -0.157. The average Bonchev–Trinajstić information content (AvgIpc) is 2.55. The van der Waals surface area contributed by atoms with E-state index in [4.69, 9.17) is 11.3 Å². The Morgan fingerprint density at radius 2 is 2.18 bits per heavy atom. The molecule has 0 aromatic heterocycles. The van der Waals surface area contributed by atoms with Crippen LogP contribution >= 0.6 is 0 Å². The molecule has 0 amide bonds. The first kappa shape index (κ1) is 16.4. The van der Waals surface area contributed by atoms with Crippen molar-refractivity contribution in [2.24, 2.45) is 5.41 Å². The van der Waals surface area contributed by atoms with E-state index in [1.54, 1.807) is 12.1 Å². The number of halogens is 1. The van der Waals surface area contributed by atoms with E-state index < -0.39 is 11.2 Å². The molecule has 0 spiro atoms. The number of hydrogen-bond donors (Lipinski definition) is 1. The monoisotopic (exact) mass is 304 g/mol. The zero-order valence-corrected chi connectivity index (χ0v) is 12.8. The Morgan fingerprint density at radius 3 is 2.82 bits per heavy atom. The molecule has 1 aliphatic rings. The molecule has 22 heavy (non-hydrogen) atoms. The number of hydrogen-bond acceptors (Lipinski definition) is 3. The fourth-order valence-corrected chi connectivity index (χ4v) is 2.93. The van der Waals surface area contributed by atoms with Gasteiger partial charge in [-0.3, -0.25) is 4.79 Å². The number of carbonyl (C=O) groups is 1. The highest BCUT2D eigenvalue weighted by molar-refractivity contribution is 5.77. The number of esters is 1. The highest BCUT2D eigenvalue weighted by Gasteiger charge is 2.40. The lowest BCUT2D eigenvalue weighted by atomic mass is 9.74. The van der Waals surface area contributed by atoms with Gasteiger partial charge in [0.15, 0.2) is 0 Å². The van der Waals surface area contributed by atoms with Gasteiger partial charge in [0.2, 0.25) is 5.69 Å². The topological polar surface area (TPSA) is 42.7 Å². The Bertz CT molecular complexity index is 575. The molecule has 1 aromatic rings. The quantitative estimate of drug-likeness (QED) is 0.671. The van der Waals surface area contributed by atoms with Gasteiger partial charge in [-0.2, -0.15) is 0 Å². The van der Waals surface area contributed by atoms with E-state index in [1.165, 1.54) is 6.07 Å². The number of piperidine rings is 1. The highest BCUT2D eigenvalue weighted by Crippen LogP contribution is 2.36. The van der Waals surface area contributed by atoms with E-state index in [-0.39, 0.29) is 11.7 Å². The van der Waals surface area contributed by atoms with E-state index >= 15 is 0 Å². The first-order valence-corrected chi connectivity index (χ1v) is 7.65. The first-order chi connectivity index (χ1) is 10.6. The summed E-state index contributed by atoms with van der Waals surface area (Å²) in [5.74, 6) is -0.635. The minimum atomic E-state index is -0.499. The minimum absolute atomic E-state index is 0.0352. The summed E-state index contributed by atoms with van der Waals surface area (Å²) in [7, 11) is 0. The molecule has 1 N–H and O–H groups in total. The van der Waals surface area contributed by atoms with Gasteiger partial charge in [-0.15, -0.1) is 0 Å². The third-order valence-corrected chi connectivity index (χ3v) is 4.29. The summed E-state index contributed by atoms with van der Waals surface area (Å²) in [6.07, 6.45) is 2.81. The van der Waals surface area contributed by atoms with Gasteiger partial charge in [0.05, 0.1) is 18.6 Å². The molecule has 0 aliphatic carbocycles. The molecule has 0 atom stereocenters. The van der Waals surface area contributed by atoms with Gasteiger partial charge in [0.25, 0.3) is 0 Å². The van der Waals surface area contributed by atoms with E-state index in [0.717, 1.165) is 31.5 Å². The second-order valence-corrected chi connectivity index (χ2v) is 5.65. The molecule has 0 bridgehead atoms. The predicted octanol–water partition coefficient (Wildman–Crippen LogP) is 3.24. The second-order valence-electron chi connectivity index (χ2n) is 5.65. The van der Waals surface area contributed by atoms with E-state index in [9.17, 15) is 9.18 Å². The fraction of sp³-hybridized carbons (Fsp3) is 0.529. The molecule has 118 valence electrons. The third-order valence-electron chi connectivity index (χ3n) is 4.29. The van der Waals surface area contributed by atoms with Crippen molar-refractivity contribution in [1.82, 2.24) is 5.32 Å². The van der Waals surface area contributed by atoms with Gasteiger partial charge in [-0.25, -0.2) is 9.24 Å². The van der Waals surface area contributed by atoms with E-state index in [1.807, 2.05) is 6.92 Å². The fourth-order valence-electron chi connectivity index (χ4n) is 2.93. The lowest BCUT2D eigenvalue weighted by Crippen LogP contribution is -2.43. The molecule has 1 aliphatic heterocycles. The number of ether oxygens (including phenoxy) is 1. The summed E-state index contributed by atoms with van der Waals surface area (Å²) >= 11 is 0. The zero-order valence-electron chi connectivity index (χ0n) is 12.8. The molecular weight excluding hydrogens is 283 g/mol. The average molecular weight is 304 g/mol. The van der Waals surface area contributed by atoms with Crippen LogP contribution in [0.2, 0.25) is 0 Å². The second kappa shape index (κ2) is 7.37. The molecule has 0 saturated carbocycles. The van der Waals surface area contributed by atoms with Crippen molar-refractivity contribution in [2.75, 3.05) is 19.7 Å². The Hall–Kier alpha value is -1.93. The molecule has 1 aromatic carbocycles. The Balaban J connectivity index is 2.11. The minimum Gasteiger partial charge on any atom is -0.466 e. The Labute approximate surface area is 130 Å². The maximum atomic E-state index is 13.4. The van der Waals surface area contributed by atoms with Crippen LogP contribution in [-0.2, 0) is 16.0 Å². The molecule has 1 saturated heterocycles. The van der Waals surface area contributed by atoms with Crippen molar-refractivity contribution >= 4 is 11.7 Å². The van der Waals surface area contributed by atoms with Crippen molar-refractivity contribution < 1.29 is 13.9 Å². The van der Waals surface area contributed by atoms with E-state index in [2.05, 4.69) is 10.2 Å². The van der Waals surface area contributed by atoms with Crippen LogP contribution in [0.15, 0.2) is 18.2 Å². The summed E-state index contributed by atoms with van der Waals surface area (Å²) in [6, 6.07) is 4.58. The van der Waals surface area contributed by atoms with Gasteiger partial charge in [0.1, 0.15) is 5.82 Å². The third kappa shape index (κ3) is 3.63. The maximum Gasteiger partial charge on any atom is 0.312 e. The standard InChI is InChI=1S/C17H21FN2O2/c1-3-22-16(21)17(8-10-20-11-9-17)7-6-13-4-5-14(18)15(12-13)19-2/h4-5,12,20H,3,6-11H2,1H3. The van der Waals surface area contributed by atoms with Crippen LogP contribution in [0.1, 0.15) is 31.7 Å². The summed E-state index contributed by atoms with van der Waals surface area (Å²) in [5.41, 5.74) is 0.455. The van der Waals surface area contributed by atoms with Gasteiger partial charge < -0.3 is 10.1 Å². The maximum absolute atomic E-state index is 13.4. The van der Waals surface area contributed by atoms with Crippen LogP contribution in [0.4, 0.5) is 10.1 Å². The summed E-state index contributed by atoms with van der Waals surface area (Å²) < 4.78 is 18.6. The predicted molar refractivity (Wildman–Crippen MR) is 82.2 cm³/mol. The molecule has 2 rings (SSSR count). The zero-order chi connectivity index (χ0) is 16.0. The number of nitrogens with zero attached hydrogens (tertiary/aromatic N) is 1. The molecule has 5 heteroatoms. The summed E-state index contributed by atoms with van der Waals surface area (Å²) in [4.78, 5) is 15.5. The SMILES string of the molecule is [C-]#[N+]c1cc(CCC2(C(=O)OCC)CCNCC2)ccc1F. The van der Waals surface area contributed by atoms with Gasteiger partial charge in [0, 0.05) is 0 Å². The van der Waals surface area contributed by atoms with Crippen LogP contribution < -0.4 is 5.32 Å². The van der Waals surface area contributed by atoms with Crippen molar-refractivity contribution in [3.05, 3.63) is 41.0 Å². The smallest absolute Gasteiger partial charge is 0.312 e. The van der Waals surface area contributed by atoms with Crippen molar-refractivity contribution in [2.45, 2.75) is 32.6 Å². The molecule has 0 unspecified atom stereocenters. The van der Waals surface area contributed by atoms with Gasteiger partial charge in [-0.05, 0) is 51.8 Å². The summed E-state index contributed by atoms with van der Waals surface area (Å²) in [5, 5.41) is 3.26. The molecule has 1 heterocycles. The largest absolute Gasteiger partial charge is 0.466 e. The number of benzene rings is 1. The number of nitrogens with one attached hydrogen (secondary N) is 1. The van der Waals surface area contributed by atoms with Crippen LogP contribution in [0.25, 0.3) is 4.85 Å². The Kier molecular flexibility index (Phi) is 5.51.